The molecule has 1 fully saturated rings. The van der Waals surface area contributed by atoms with Gasteiger partial charge in [-0.15, -0.1) is 0 Å². The highest BCUT2D eigenvalue weighted by Crippen LogP contribution is 2.16. The molecular weight excluding hydrogens is 148 g/mol. The van der Waals surface area contributed by atoms with E-state index in [4.69, 9.17) is 5.73 Å². The summed E-state index contributed by atoms with van der Waals surface area (Å²) < 4.78 is 0. The fraction of sp³-hybridized carbons (Fsp3) is 0.833. The van der Waals surface area contributed by atoms with Crippen molar-refractivity contribution in [3.63, 3.8) is 0 Å². The van der Waals surface area contributed by atoms with Gasteiger partial charge in [-0.3, -0.25) is 0 Å². The summed E-state index contributed by atoms with van der Waals surface area (Å²) in [5, 5.41) is 2.70. The molecule has 1 aliphatic heterocycles. The minimum Gasteiger partial charge on any atom is -0.352 e. The zero-order chi connectivity index (χ0) is 7.40. The van der Waals surface area contributed by atoms with Gasteiger partial charge in [-0.1, -0.05) is 0 Å². The highest BCUT2D eigenvalue weighted by Gasteiger charge is 2.13. The van der Waals surface area contributed by atoms with E-state index >= 15 is 0 Å². The maximum atomic E-state index is 10.4. The highest BCUT2D eigenvalue weighted by atomic mass is 32.2. The van der Waals surface area contributed by atoms with Crippen LogP contribution in [-0.2, 0) is 0 Å². The van der Waals surface area contributed by atoms with Gasteiger partial charge >= 0.3 is 6.03 Å². The van der Waals surface area contributed by atoms with E-state index in [0.717, 1.165) is 12.2 Å². The lowest BCUT2D eigenvalue weighted by atomic mass is 10.2. The van der Waals surface area contributed by atoms with Crippen LogP contribution in [-0.4, -0.2) is 23.6 Å². The van der Waals surface area contributed by atoms with Crippen LogP contribution < -0.4 is 11.1 Å². The third kappa shape index (κ3) is 2.47. The molecule has 1 heterocycles. The predicted octanol–water partition coefficient (Wildman–Crippen LogP) is 0.550. The third-order valence-electron chi connectivity index (χ3n) is 1.51. The molecule has 1 saturated heterocycles. The van der Waals surface area contributed by atoms with Crippen molar-refractivity contribution in [3.05, 3.63) is 0 Å². The van der Waals surface area contributed by atoms with E-state index in [-0.39, 0.29) is 0 Å². The number of hydrogen-bond acceptors (Lipinski definition) is 2. The van der Waals surface area contributed by atoms with Crippen molar-refractivity contribution in [1.82, 2.24) is 5.32 Å². The lowest BCUT2D eigenvalue weighted by molar-refractivity contribution is 0.245. The minimum atomic E-state index is -0.396. The normalized spacial score (nSPS) is 25.8. The summed E-state index contributed by atoms with van der Waals surface area (Å²) in [6.45, 7) is 0. The lowest BCUT2D eigenvalue weighted by Gasteiger charge is -2.20. The molecule has 1 atom stereocenters. The summed E-state index contributed by atoms with van der Waals surface area (Å²) in [6.07, 6.45) is 2.27. The number of nitrogens with two attached hydrogens (primary N) is 1. The van der Waals surface area contributed by atoms with Crippen LogP contribution in [0.5, 0.6) is 0 Å². The van der Waals surface area contributed by atoms with Crippen LogP contribution in [0.25, 0.3) is 0 Å². The van der Waals surface area contributed by atoms with E-state index in [1.165, 1.54) is 12.2 Å². The van der Waals surface area contributed by atoms with Gasteiger partial charge in [0.05, 0.1) is 0 Å². The number of hydrogen-bond donors (Lipinski definition) is 2. The Morgan fingerprint density at radius 1 is 1.70 bits per heavy atom. The van der Waals surface area contributed by atoms with Crippen LogP contribution in [0, 0.1) is 0 Å². The molecule has 10 heavy (non-hydrogen) atoms. The van der Waals surface area contributed by atoms with Gasteiger partial charge in [0, 0.05) is 11.8 Å². The molecular formula is C6H12N2OS. The summed E-state index contributed by atoms with van der Waals surface area (Å²) in [5.41, 5.74) is 4.96. The van der Waals surface area contributed by atoms with E-state index in [2.05, 4.69) is 5.32 Å². The maximum Gasteiger partial charge on any atom is 0.312 e. The SMILES string of the molecule is NC(=O)NC1CCCSC1. The van der Waals surface area contributed by atoms with Gasteiger partial charge in [0.15, 0.2) is 0 Å². The largest absolute Gasteiger partial charge is 0.352 e. The topological polar surface area (TPSA) is 55.1 Å². The number of carbonyl (C=O) groups is 1. The first-order valence-electron chi connectivity index (χ1n) is 3.43. The highest BCUT2D eigenvalue weighted by molar-refractivity contribution is 7.99. The quantitative estimate of drug-likeness (QED) is 0.588. The second kappa shape index (κ2) is 3.71. The molecule has 0 aliphatic carbocycles. The standard InChI is InChI=1S/C6H12N2OS/c7-6(9)8-5-2-1-3-10-4-5/h5H,1-4H2,(H3,7,8,9). The Labute approximate surface area is 64.7 Å². The number of rotatable bonds is 1. The lowest BCUT2D eigenvalue weighted by Crippen LogP contribution is -2.41. The number of carbonyl (C=O) groups excluding carboxylic acids is 1. The smallest absolute Gasteiger partial charge is 0.312 e. The second-order valence-electron chi connectivity index (χ2n) is 2.42. The Morgan fingerprint density at radius 2 is 2.50 bits per heavy atom. The summed E-state index contributed by atoms with van der Waals surface area (Å²) in [7, 11) is 0. The fourth-order valence-electron chi connectivity index (χ4n) is 1.06. The van der Waals surface area contributed by atoms with Crippen molar-refractivity contribution in [1.29, 1.82) is 0 Å². The fourth-order valence-corrected chi connectivity index (χ4v) is 2.13. The first-order valence-corrected chi connectivity index (χ1v) is 4.58. The Bertz CT molecular complexity index is 123. The van der Waals surface area contributed by atoms with Crippen molar-refractivity contribution in [2.24, 2.45) is 5.73 Å². The average Bonchev–Trinajstić information content (AvgIpc) is 1.88. The molecule has 58 valence electrons. The Hall–Kier alpha value is -0.380. The molecule has 1 unspecified atom stereocenters. The van der Waals surface area contributed by atoms with Crippen LogP contribution in [0.2, 0.25) is 0 Å². The summed E-state index contributed by atoms with van der Waals surface area (Å²) in [6, 6.07) is -0.0799. The van der Waals surface area contributed by atoms with Crippen LogP contribution in [0.3, 0.4) is 0 Å². The molecule has 1 aliphatic rings. The molecule has 4 heteroatoms. The number of nitrogens with one attached hydrogen (secondary N) is 1. The van der Waals surface area contributed by atoms with Gasteiger partial charge in [-0.05, 0) is 18.6 Å². The molecule has 0 spiro atoms. The van der Waals surface area contributed by atoms with Crippen molar-refractivity contribution < 1.29 is 4.79 Å². The van der Waals surface area contributed by atoms with E-state index in [1.54, 1.807) is 0 Å². The first kappa shape index (κ1) is 7.72. The van der Waals surface area contributed by atoms with E-state index in [9.17, 15) is 4.79 Å². The monoisotopic (exact) mass is 160 g/mol. The molecule has 0 bridgehead atoms. The predicted molar refractivity (Wildman–Crippen MR) is 43.1 cm³/mol. The Kier molecular flexibility index (Phi) is 2.86. The van der Waals surface area contributed by atoms with E-state index < -0.39 is 6.03 Å². The maximum absolute atomic E-state index is 10.4. The zero-order valence-corrected chi connectivity index (χ0v) is 6.62. The first-order chi connectivity index (χ1) is 4.79. The molecule has 0 radical (unpaired) electrons. The van der Waals surface area contributed by atoms with Gasteiger partial charge in [0.2, 0.25) is 0 Å². The van der Waals surface area contributed by atoms with Gasteiger partial charge in [0.1, 0.15) is 0 Å². The number of thioether (sulfide) groups is 1. The van der Waals surface area contributed by atoms with E-state index in [0.29, 0.717) is 6.04 Å². The van der Waals surface area contributed by atoms with Crippen molar-refractivity contribution in [2.45, 2.75) is 18.9 Å². The zero-order valence-electron chi connectivity index (χ0n) is 5.80. The van der Waals surface area contributed by atoms with Crippen molar-refractivity contribution >= 4 is 17.8 Å². The van der Waals surface area contributed by atoms with Crippen molar-refractivity contribution in [2.75, 3.05) is 11.5 Å². The molecule has 0 saturated carbocycles. The van der Waals surface area contributed by atoms with Crippen molar-refractivity contribution in [3.8, 4) is 0 Å². The molecule has 2 amide bonds. The van der Waals surface area contributed by atoms with Gasteiger partial charge in [-0.2, -0.15) is 11.8 Å². The molecule has 1 rings (SSSR count). The number of urea groups is 1. The van der Waals surface area contributed by atoms with Gasteiger partial charge in [0.25, 0.3) is 0 Å². The molecule has 3 N–H and O–H groups in total. The van der Waals surface area contributed by atoms with Gasteiger partial charge < -0.3 is 11.1 Å². The van der Waals surface area contributed by atoms with Crippen LogP contribution in [0.15, 0.2) is 0 Å². The third-order valence-corrected chi connectivity index (χ3v) is 2.72. The van der Waals surface area contributed by atoms with Crippen LogP contribution in [0.1, 0.15) is 12.8 Å². The minimum absolute atomic E-state index is 0.316. The summed E-state index contributed by atoms with van der Waals surface area (Å²) in [5.74, 6) is 2.24. The Morgan fingerprint density at radius 3 is 3.00 bits per heavy atom. The van der Waals surface area contributed by atoms with Gasteiger partial charge in [-0.25, -0.2) is 4.79 Å². The number of amides is 2. The molecule has 0 aromatic carbocycles. The second-order valence-corrected chi connectivity index (χ2v) is 3.57. The van der Waals surface area contributed by atoms with Crippen LogP contribution >= 0.6 is 11.8 Å². The molecule has 0 aromatic rings. The summed E-state index contributed by atoms with van der Waals surface area (Å²) in [4.78, 5) is 10.4. The molecule has 0 aromatic heterocycles. The number of primary amides is 1. The van der Waals surface area contributed by atoms with Crippen LogP contribution in [0.4, 0.5) is 4.79 Å². The average molecular weight is 160 g/mol. The van der Waals surface area contributed by atoms with E-state index in [1.807, 2.05) is 11.8 Å². The summed E-state index contributed by atoms with van der Waals surface area (Å²) >= 11 is 1.87. The molecule has 3 nitrogen and oxygen atoms in total. The Balaban J connectivity index is 2.19.